The number of benzene rings is 2. The highest BCUT2D eigenvalue weighted by Crippen LogP contribution is 2.26. The van der Waals surface area contributed by atoms with Gasteiger partial charge in [-0.2, -0.15) is 0 Å². The number of amides is 1. The number of hydrogen-bond donors (Lipinski definition) is 0. The standard InChI is InChI=1S/C24H32N2O4/c1-4-5-16-30-21-8-6-19(7-9-21)24(27)26-14-12-25(13-15-26)18-20-17-22(28-2)10-11-23(20)29-3/h6-11,17H,4-5,12-16,18H2,1-3H3. The van der Waals surface area contributed by atoms with Crippen molar-refractivity contribution in [1.82, 2.24) is 9.80 Å². The number of nitrogens with zero attached hydrogens (tertiary/aromatic N) is 2. The van der Waals surface area contributed by atoms with Crippen molar-refractivity contribution < 1.29 is 19.0 Å². The first-order valence-corrected chi connectivity index (χ1v) is 10.6. The zero-order chi connectivity index (χ0) is 21.3. The molecule has 1 saturated heterocycles. The first-order valence-electron chi connectivity index (χ1n) is 10.6. The lowest BCUT2D eigenvalue weighted by Crippen LogP contribution is -2.48. The molecule has 0 bridgehead atoms. The Balaban J connectivity index is 1.53. The van der Waals surface area contributed by atoms with Crippen LogP contribution in [0, 0.1) is 0 Å². The molecule has 1 aliphatic rings. The molecule has 1 aliphatic heterocycles. The molecule has 0 aliphatic carbocycles. The lowest BCUT2D eigenvalue weighted by molar-refractivity contribution is 0.0627. The van der Waals surface area contributed by atoms with Crippen molar-refractivity contribution in [2.75, 3.05) is 47.0 Å². The van der Waals surface area contributed by atoms with E-state index in [0.29, 0.717) is 25.3 Å². The third kappa shape index (κ3) is 5.66. The lowest BCUT2D eigenvalue weighted by Gasteiger charge is -2.35. The van der Waals surface area contributed by atoms with Gasteiger partial charge in [-0.25, -0.2) is 0 Å². The molecule has 2 aromatic rings. The van der Waals surface area contributed by atoms with Gasteiger partial charge in [-0.15, -0.1) is 0 Å². The Morgan fingerprint density at radius 2 is 1.63 bits per heavy atom. The fraction of sp³-hybridized carbons (Fsp3) is 0.458. The third-order valence-corrected chi connectivity index (χ3v) is 5.41. The minimum Gasteiger partial charge on any atom is -0.497 e. The first kappa shape index (κ1) is 22.0. The van der Waals surface area contributed by atoms with Gasteiger partial charge in [-0.1, -0.05) is 13.3 Å². The topological polar surface area (TPSA) is 51.2 Å². The largest absolute Gasteiger partial charge is 0.497 e. The molecule has 162 valence electrons. The third-order valence-electron chi connectivity index (χ3n) is 5.41. The van der Waals surface area contributed by atoms with Crippen LogP contribution in [0.2, 0.25) is 0 Å². The molecule has 2 aromatic carbocycles. The maximum Gasteiger partial charge on any atom is 0.253 e. The van der Waals surface area contributed by atoms with Gasteiger partial charge in [0.2, 0.25) is 0 Å². The summed E-state index contributed by atoms with van der Waals surface area (Å²) in [5, 5.41) is 0. The summed E-state index contributed by atoms with van der Waals surface area (Å²) in [4.78, 5) is 17.1. The summed E-state index contributed by atoms with van der Waals surface area (Å²) in [5.74, 6) is 2.57. The number of piperazine rings is 1. The van der Waals surface area contributed by atoms with E-state index in [-0.39, 0.29) is 5.91 Å². The van der Waals surface area contributed by atoms with E-state index < -0.39 is 0 Å². The van der Waals surface area contributed by atoms with Crippen molar-refractivity contribution in [3.63, 3.8) is 0 Å². The second-order valence-corrected chi connectivity index (χ2v) is 7.47. The van der Waals surface area contributed by atoms with E-state index in [0.717, 1.165) is 55.3 Å². The lowest BCUT2D eigenvalue weighted by atomic mass is 10.1. The number of rotatable bonds is 9. The molecular formula is C24H32N2O4. The Morgan fingerprint density at radius 1 is 0.933 bits per heavy atom. The average molecular weight is 413 g/mol. The highest BCUT2D eigenvalue weighted by molar-refractivity contribution is 5.94. The van der Waals surface area contributed by atoms with Crippen LogP contribution in [0.3, 0.4) is 0 Å². The Morgan fingerprint density at radius 3 is 2.27 bits per heavy atom. The van der Waals surface area contributed by atoms with Gasteiger partial charge >= 0.3 is 0 Å². The highest BCUT2D eigenvalue weighted by Gasteiger charge is 2.23. The van der Waals surface area contributed by atoms with Crippen molar-refractivity contribution in [2.24, 2.45) is 0 Å². The summed E-state index contributed by atoms with van der Waals surface area (Å²) in [6.07, 6.45) is 2.14. The predicted octanol–water partition coefficient (Wildman–Crippen LogP) is 3.84. The van der Waals surface area contributed by atoms with Crippen molar-refractivity contribution in [2.45, 2.75) is 26.3 Å². The SMILES string of the molecule is CCCCOc1ccc(C(=O)N2CCN(Cc3cc(OC)ccc3OC)CC2)cc1. The molecule has 0 spiro atoms. The molecule has 1 amide bonds. The van der Waals surface area contributed by atoms with E-state index in [9.17, 15) is 4.79 Å². The monoisotopic (exact) mass is 412 g/mol. The Kier molecular flexibility index (Phi) is 7.97. The Labute approximate surface area is 179 Å². The second kappa shape index (κ2) is 10.9. The zero-order valence-electron chi connectivity index (χ0n) is 18.2. The summed E-state index contributed by atoms with van der Waals surface area (Å²) in [6.45, 7) is 6.68. The van der Waals surface area contributed by atoms with Gasteiger partial charge in [0.05, 0.1) is 20.8 Å². The molecule has 6 heteroatoms. The van der Waals surface area contributed by atoms with Gasteiger partial charge in [0.15, 0.2) is 0 Å². The quantitative estimate of drug-likeness (QED) is 0.586. The van der Waals surface area contributed by atoms with Gasteiger partial charge in [-0.05, 0) is 48.9 Å². The van der Waals surface area contributed by atoms with Crippen LogP contribution in [0.4, 0.5) is 0 Å². The minimum absolute atomic E-state index is 0.0775. The maximum absolute atomic E-state index is 12.9. The molecule has 30 heavy (non-hydrogen) atoms. The number of unbranched alkanes of at least 4 members (excludes halogenated alkanes) is 1. The maximum atomic E-state index is 12.9. The van der Waals surface area contributed by atoms with Crippen molar-refractivity contribution in [3.8, 4) is 17.2 Å². The molecule has 0 radical (unpaired) electrons. The van der Waals surface area contributed by atoms with Crippen LogP contribution in [0.5, 0.6) is 17.2 Å². The van der Waals surface area contributed by atoms with Crippen LogP contribution in [-0.4, -0.2) is 62.7 Å². The molecule has 0 N–H and O–H groups in total. The number of methoxy groups -OCH3 is 2. The van der Waals surface area contributed by atoms with Crippen LogP contribution in [0.1, 0.15) is 35.7 Å². The van der Waals surface area contributed by atoms with E-state index in [1.165, 1.54) is 0 Å². The van der Waals surface area contributed by atoms with Gasteiger partial charge in [0.25, 0.3) is 5.91 Å². The van der Waals surface area contributed by atoms with E-state index >= 15 is 0 Å². The first-order chi connectivity index (χ1) is 14.6. The Bertz CT molecular complexity index is 814. The van der Waals surface area contributed by atoms with Crippen LogP contribution < -0.4 is 14.2 Å². The van der Waals surface area contributed by atoms with E-state index in [2.05, 4.69) is 11.8 Å². The summed E-state index contributed by atoms with van der Waals surface area (Å²) in [5.41, 5.74) is 1.80. The molecule has 0 aromatic heterocycles. The highest BCUT2D eigenvalue weighted by atomic mass is 16.5. The molecule has 3 rings (SSSR count). The molecule has 0 unspecified atom stereocenters. The molecule has 1 fully saturated rings. The van der Waals surface area contributed by atoms with E-state index in [4.69, 9.17) is 14.2 Å². The number of carbonyl (C=O) groups excluding carboxylic acids is 1. The van der Waals surface area contributed by atoms with Crippen molar-refractivity contribution in [1.29, 1.82) is 0 Å². The van der Waals surface area contributed by atoms with Crippen LogP contribution in [-0.2, 0) is 6.54 Å². The van der Waals surface area contributed by atoms with Crippen LogP contribution in [0.15, 0.2) is 42.5 Å². The van der Waals surface area contributed by atoms with E-state index in [1.54, 1.807) is 14.2 Å². The normalized spacial score (nSPS) is 14.4. The summed E-state index contributed by atoms with van der Waals surface area (Å²) in [6, 6.07) is 13.3. The Hall–Kier alpha value is -2.73. The molecule has 1 heterocycles. The van der Waals surface area contributed by atoms with Crippen molar-refractivity contribution in [3.05, 3.63) is 53.6 Å². The molecule has 0 saturated carbocycles. The number of hydrogen-bond acceptors (Lipinski definition) is 5. The summed E-state index contributed by atoms with van der Waals surface area (Å²) in [7, 11) is 3.35. The fourth-order valence-corrected chi connectivity index (χ4v) is 3.57. The number of carbonyl (C=O) groups is 1. The van der Waals surface area contributed by atoms with Crippen LogP contribution >= 0.6 is 0 Å². The van der Waals surface area contributed by atoms with Gasteiger partial charge in [0.1, 0.15) is 17.2 Å². The molecule has 6 nitrogen and oxygen atoms in total. The second-order valence-electron chi connectivity index (χ2n) is 7.47. The van der Waals surface area contributed by atoms with Gasteiger partial charge < -0.3 is 19.1 Å². The fourth-order valence-electron chi connectivity index (χ4n) is 3.57. The van der Waals surface area contributed by atoms with Crippen molar-refractivity contribution >= 4 is 5.91 Å². The van der Waals surface area contributed by atoms with Crippen LogP contribution in [0.25, 0.3) is 0 Å². The minimum atomic E-state index is 0.0775. The predicted molar refractivity (Wildman–Crippen MR) is 118 cm³/mol. The molecular weight excluding hydrogens is 380 g/mol. The molecule has 0 atom stereocenters. The number of ether oxygens (including phenoxy) is 3. The summed E-state index contributed by atoms with van der Waals surface area (Å²) < 4.78 is 16.5. The summed E-state index contributed by atoms with van der Waals surface area (Å²) >= 11 is 0. The van der Waals surface area contributed by atoms with Gasteiger partial charge in [-0.3, -0.25) is 9.69 Å². The zero-order valence-corrected chi connectivity index (χ0v) is 18.2. The smallest absolute Gasteiger partial charge is 0.253 e. The average Bonchev–Trinajstić information content (AvgIpc) is 2.79. The van der Waals surface area contributed by atoms with E-state index in [1.807, 2.05) is 47.4 Å². The van der Waals surface area contributed by atoms with Gasteiger partial charge in [0, 0.05) is 43.9 Å².